The molecule has 0 radical (unpaired) electrons. The second-order valence-corrected chi connectivity index (χ2v) is 9.10. The molecule has 0 unspecified atom stereocenters. The van der Waals surface area contributed by atoms with E-state index >= 15 is 0 Å². The van der Waals surface area contributed by atoms with Crippen LogP contribution in [0.25, 0.3) is 0 Å². The third kappa shape index (κ3) is 5.58. The van der Waals surface area contributed by atoms with Crippen molar-refractivity contribution >= 4 is 39.4 Å². The lowest BCUT2D eigenvalue weighted by Crippen LogP contribution is -2.54. The first-order chi connectivity index (χ1) is 15.4. The van der Waals surface area contributed by atoms with Gasteiger partial charge in [0, 0.05) is 17.8 Å². The Morgan fingerprint density at radius 3 is 2.42 bits per heavy atom. The minimum absolute atomic E-state index is 0.115. The fourth-order valence-corrected chi connectivity index (χ4v) is 4.15. The third-order valence-corrected chi connectivity index (χ3v) is 5.78. The Labute approximate surface area is 191 Å². The minimum atomic E-state index is -5.00. The Morgan fingerprint density at radius 2 is 1.85 bits per heavy atom. The normalized spacial score (nSPS) is 15.5. The lowest BCUT2D eigenvalue weighted by Gasteiger charge is -2.38. The fourth-order valence-electron chi connectivity index (χ4n) is 3.49. The summed E-state index contributed by atoms with van der Waals surface area (Å²) in [5.74, 6) is -0.158. The lowest BCUT2D eigenvalue weighted by atomic mass is 10.1. The van der Waals surface area contributed by atoms with E-state index in [1.54, 1.807) is 4.90 Å². The van der Waals surface area contributed by atoms with Gasteiger partial charge in [-0.05, 0) is 56.2 Å². The van der Waals surface area contributed by atoms with Gasteiger partial charge in [0.15, 0.2) is 0 Å². The van der Waals surface area contributed by atoms with Gasteiger partial charge in [0.05, 0.1) is 7.11 Å². The summed E-state index contributed by atoms with van der Waals surface area (Å²) in [6.45, 7) is 3.72. The van der Waals surface area contributed by atoms with Gasteiger partial charge in [-0.25, -0.2) is 4.99 Å². The summed E-state index contributed by atoms with van der Waals surface area (Å²) in [4.78, 5) is 21.8. The van der Waals surface area contributed by atoms with E-state index in [0.29, 0.717) is 6.42 Å². The molecule has 2 aromatic carbocycles. The Kier molecular flexibility index (Phi) is 6.58. The Bertz CT molecular complexity index is 1230. The molecule has 1 amide bonds. The number of nitrogens with zero attached hydrogens (tertiary/aromatic N) is 3. The first-order valence-corrected chi connectivity index (χ1v) is 11.3. The number of carbonyl (C=O) groups excluding carboxylic acids is 1. The lowest BCUT2D eigenvalue weighted by molar-refractivity contribution is -0.116. The number of carbonyl (C=O) groups is 1. The van der Waals surface area contributed by atoms with Crippen LogP contribution >= 0.6 is 0 Å². The second kappa shape index (κ2) is 9.06. The highest BCUT2D eigenvalue weighted by molar-refractivity contribution is 7.86. The molecule has 0 aromatic heterocycles. The summed E-state index contributed by atoms with van der Waals surface area (Å²) in [6.07, 6.45) is 0.553. The second-order valence-electron chi connectivity index (χ2n) is 7.79. The molecule has 10 nitrogen and oxygen atoms in total. The molecule has 1 heterocycles. The van der Waals surface area contributed by atoms with E-state index in [9.17, 15) is 17.1 Å². The van der Waals surface area contributed by atoms with Crippen LogP contribution in [0.1, 0.15) is 25.8 Å². The maximum atomic E-state index is 13.5. The van der Waals surface area contributed by atoms with Gasteiger partial charge in [-0.1, -0.05) is 12.1 Å². The van der Waals surface area contributed by atoms with Crippen LogP contribution in [0.3, 0.4) is 0 Å². The number of ether oxygens (including phenoxy) is 1. The van der Waals surface area contributed by atoms with Gasteiger partial charge in [0.1, 0.15) is 16.3 Å². The van der Waals surface area contributed by atoms with Crippen LogP contribution in [0.2, 0.25) is 0 Å². The number of halogens is 1. The van der Waals surface area contributed by atoms with Crippen molar-refractivity contribution in [1.29, 1.82) is 0 Å². The number of hydrogen-bond acceptors (Lipinski definition) is 9. The van der Waals surface area contributed by atoms with E-state index in [2.05, 4.69) is 15.3 Å². The van der Waals surface area contributed by atoms with Crippen molar-refractivity contribution < 1.29 is 21.8 Å². The van der Waals surface area contributed by atoms with Crippen LogP contribution in [0.15, 0.2) is 57.3 Å². The zero-order chi connectivity index (χ0) is 24.4. The molecular formula is C21H25FN6O4S. The minimum Gasteiger partial charge on any atom is -0.495 e. The molecule has 1 aliphatic rings. The molecule has 0 atom stereocenters. The average Bonchev–Trinajstić information content (AvgIpc) is 2.71. The Morgan fingerprint density at radius 1 is 1.18 bits per heavy atom. The van der Waals surface area contributed by atoms with Crippen molar-refractivity contribution in [3.05, 3.63) is 48.0 Å². The van der Waals surface area contributed by atoms with Crippen molar-refractivity contribution in [3.63, 3.8) is 0 Å². The smallest absolute Gasteiger partial charge is 0.335 e. The fraction of sp³-hybridized carbons (Fsp3) is 0.286. The van der Waals surface area contributed by atoms with Crippen molar-refractivity contribution in [2.45, 2.75) is 37.2 Å². The summed E-state index contributed by atoms with van der Waals surface area (Å²) < 4.78 is 40.9. The average molecular weight is 477 g/mol. The molecule has 0 spiro atoms. The summed E-state index contributed by atoms with van der Waals surface area (Å²) in [7, 11) is -3.77. The maximum absolute atomic E-state index is 13.5. The number of benzene rings is 2. The predicted octanol–water partition coefficient (Wildman–Crippen LogP) is 2.11. The van der Waals surface area contributed by atoms with Crippen LogP contribution < -0.4 is 26.4 Å². The first-order valence-electron chi connectivity index (χ1n) is 9.92. The monoisotopic (exact) mass is 476 g/mol. The van der Waals surface area contributed by atoms with Crippen LogP contribution in [-0.2, 0) is 21.4 Å². The molecule has 176 valence electrons. The van der Waals surface area contributed by atoms with Crippen LogP contribution in [0, 0.1) is 0 Å². The SMILES string of the molecule is COc1ccc(NC(=O)CCc2ccc(N3C(N)=NC(N)=NC3(C)C)cc2)cc1S(=O)(=O)F. The molecule has 0 aliphatic carbocycles. The zero-order valence-corrected chi connectivity index (χ0v) is 19.2. The molecule has 12 heteroatoms. The summed E-state index contributed by atoms with van der Waals surface area (Å²) in [5, 5.41) is 2.57. The quantitative estimate of drug-likeness (QED) is 0.517. The number of hydrogen-bond donors (Lipinski definition) is 3. The first kappa shape index (κ1) is 24.0. The number of rotatable bonds is 7. The molecule has 0 bridgehead atoms. The highest BCUT2D eigenvalue weighted by Gasteiger charge is 2.32. The molecule has 0 fully saturated rings. The van der Waals surface area contributed by atoms with E-state index in [1.807, 2.05) is 38.1 Å². The standard InChI is InChI=1S/C21H25FN6O4S/c1-21(2)27-19(23)26-20(24)28(21)15-8-4-13(5-9-15)6-11-18(29)25-14-7-10-16(32-3)17(12-14)33(22,30)31/h4-5,7-10,12H,6,11H2,1-3H3,(H,25,29)(H4,23,24,26,27). The van der Waals surface area contributed by atoms with Gasteiger partial charge >= 0.3 is 10.2 Å². The molecule has 0 saturated heterocycles. The maximum Gasteiger partial charge on any atom is 0.335 e. The zero-order valence-electron chi connectivity index (χ0n) is 18.4. The van der Waals surface area contributed by atoms with Crippen molar-refractivity contribution in [1.82, 2.24) is 0 Å². The number of nitrogens with one attached hydrogen (secondary N) is 1. The highest BCUT2D eigenvalue weighted by Crippen LogP contribution is 2.29. The number of nitrogens with two attached hydrogens (primary N) is 2. The summed E-state index contributed by atoms with van der Waals surface area (Å²) >= 11 is 0. The molecule has 5 N–H and O–H groups in total. The van der Waals surface area contributed by atoms with Crippen molar-refractivity contribution in [2.75, 3.05) is 17.3 Å². The van der Waals surface area contributed by atoms with Gasteiger partial charge in [-0.2, -0.15) is 13.4 Å². The number of guanidine groups is 2. The van der Waals surface area contributed by atoms with Crippen molar-refractivity contribution in [3.8, 4) is 5.75 Å². The number of methoxy groups -OCH3 is 1. The van der Waals surface area contributed by atoms with Gasteiger partial charge in [-0.15, -0.1) is 3.89 Å². The van der Waals surface area contributed by atoms with Gasteiger partial charge in [0.2, 0.25) is 17.8 Å². The number of anilines is 2. The van der Waals surface area contributed by atoms with Crippen LogP contribution in [-0.4, -0.2) is 39.0 Å². The largest absolute Gasteiger partial charge is 0.495 e. The molecule has 33 heavy (non-hydrogen) atoms. The van der Waals surface area contributed by atoms with E-state index < -0.39 is 20.8 Å². The van der Waals surface area contributed by atoms with Crippen LogP contribution in [0.4, 0.5) is 15.3 Å². The predicted molar refractivity (Wildman–Crippen MR) is 124 cm³/mol. The highest BCUT2D eigenvalue weighted by atomic mass is 32.3. The van der Waals surface area contributed by atoms with Gasteiger partial charge < -0.3 is 21.5 Å². The third-order valence-electron chi connectivity index (χ3n) is 4.94. The van der Waals surface area contributed by atoms with E-state index in [-0.39, 0.29) is 35.7 Å². The van der Waals surface area contributed by atoms with Gasteiger partial charge in [0.25, 0.3) is 0 Å². The summed E-state index contributed by atoms with van der Waals surface area (Å²) in [5.41, 5.74) is 12.8. The van der Waals surface area contributed by atoms with Gasteiger partial charge in [-0.3, -0.25) is 9.69 Å². The molecule has 0 saturated carbocycles. The molecular weight excluding hydrogens is 451 g/mol. The van der Waals surface area contributed by atoms with E-state index in [0.717, 1.165) is 17.3 Å². The van der Waals surface area contributed by atoms with E-state index in [4.69, 9.17) is 16.2 Å². The Hall–Kier alpha value is -3.67. The number of amides is 1. The number of aliphatic imine (C=N–C) groups is 2. The number of aryl methyl sites for hydroxylation is 1. The van der Waals surface area contributed by atoms with Crippen LogP contribution in [0.5, 0.6) is 5.75 Å². The molecule has 1 aliphatic heterocycles. The molecule has 3 rings (SSSR count). The molecule has 2 aromatic rings. The Balaban J connectivity index is 1.64. The van der Waals surface area contributed by atoms with Crippen molar-refractivity contribution in [2.24, 2.45) is 21.5 Å². The topological polar surface area (TPSA) is 152 Å². The summed E-state index contributed by atoms with van der Waals surface area (Å²) in [6, 6.07) is 11.1. The van der Waals surface area contributed by atoms with E-state index in [1.165, 1.54) is 19.2 Å².